The smallest absolute Gasteiger partial charge is 0.389 e. The molecule has 27 heavy (non-hydrogen) atoms. The lowest BCUT2D eigenvalue weighted by Crippen LogP contribution is -2.08. The molecule has 0 fully saturated rings. The molecule has 1 aromatic carbocycles. The first-order valence-electron chi connectivity index (χ1n) is 8.08. The highest BCUT2D eigenvalue weighted by molar-refractivity contribution is 7.99. The topological polar surface area (TPSA) is 69.7 Å². The Bertz CT molecular complexity index is 897. The second-order valence-corrected chi connectivity index (χ2v) is 6.61. The van der Waals surface area contributed by atoms with Gasteiger partial charge in [0.2, 0.25) is 0 Å². The maximum absolute atomic E-state index is 12.4. The largest absolute Gasteiger partial charge is 0.494 e. The van der Waals surface area contributed by atoms with Gasteiger partial charge < -0.3 is 4.74 Å². The highest BCUT2D eigenvalue weighted by Gasteiger charge is 2.27. The van der Waals surface area contributed by atoms with Crippen molar-refractivity contribution in [1.82, 2.24) is 4.98 Å². The molecule has 0 saturated carbocycles. The van der Waals surface area contributed by atoms with Gasteiger partial charge in [-0.25, -0.2) is 4.98 Å². The molecular weight excluding hydrogens is 375 g/mol. The van der Waals surface area contributed by atoms with E-state index in [0.717, 1.165) is 11.8 Å². The van der Waals surface area contributed by atoms with Crippen molar-refractivity contribution in [1.29, 1.82) is 10.5 Å². The van der Waals surface area contributed by atoms with E-state index in [1.54, 1.807) is 31.2 Å². The first-order chi connectivity index (χ1) is 12.8. The van der Waals surface area contributed by atoms with E-state index >= 15 is 0 Å². The van der Waals surface area contributed by atoms with E-state index in [1.807, 2.05) is 13.0 Å². The van der Waals surface area contributed by atoms with Crippen molar-refractivity contribution in [2.75, 3.05) is 12.4 Å². The molecule has 0 saturated heterocycles. The maximum atomic E-state index is 12.4. The zero-order valence-corrected chi connectivity index (χ0v) is 15.5. The second kappa shape index (κ2) is 8.79. The fourth-order valence-electron chi connectivity index (χ4n) is 2.46. The van der Waals surface area contributed by atoms with Gasteiger partial charge in [-0.2, -0.15) is 23.7 Å². The SMILES string of the molecule is CCOc1ccc(-c2c(C#N)c(C)nc(SCCC(F)(F)F)c2C#N)cc1. The van der Waals surface area contributed by atoms with Gasteiger partial charge in [-0.1, -0.05) is 12.1 Å². The maximum Gasteiger partial charge on any atom is 0.389 e. The number of nitrogens with zero attached hydrogens (tertiary/aromatic N) is 3. The monoisotopic (exact) mass is 391 g/mol. The van der Waals surface area contributed by atoms with Crippen molar-refractivity contribution < 1.29 is 17.9 Å². The first-order valence-corrected chi connectivity index (χ1v) is 9.06. The Morgan fingerprint density at radius 1 is 1.11 bits per heavy atom. The minimum Gasteiger partial charge on any atom is -0.494 e. The molecule has 140 valence electrons. The van der Waals surface area contributed by atoms with Gasteiger partial charge in [-0.05, 0) is 31.5 Å². The molecule has 0 amide bonds. The molecule has 1 aromatic heterocycles. The van der Waals surface area contributed by atoms with Crippen LogP contribution in [0.4, 0.5) is 13.2 Å². The molecule has 2 rings (SSSR count). The van der Waals surface area contributed by atoms with E-state index in [1.165, 1.54) is 0 Å². The molecule has 0 atom stereocenters. The molecule has 0 aliphatic heterocycles. The van der Waals surface area contributed by atoms with Gasteiger partial charge in [0.25, 0.3) is 0 Å². The summed E-state index contributed by atoms with van der Waals surface area (Å²) in [5.41, 5.74) is 1.69. The predicted octanol–water partition coefficient (Wildman–Crippen LogP) is 5.24. The number of thioether (sulfide) groups is 1. The van der Waals surface area contributed by atoms with E-state index in [0.29, 0.717) is 29.2 Å². The molecule has 0 spiro atoms. The van der Waals surface area contributed by atoms with Gasteiger partial charge >= 0.3 is 6.18 Å². The molecular formula is C19H16F3N3OS. The minimum absolute atomic E-state index is 0.105. The number of alkyl halides is 3. The van der Waals surface area contributed by atoms with Crippen LogP contribution in [-0.4, -0.2) is 23.5 Å². The molecule has 2 aromatic rings. The van der Waals surface area contributed by atoms with Gasteiger partial charge in [0, 0.05) is 11.3 Å². The lowest BCUT2D eigenvalue weighted by atomic mass is 9.95. The number of hydrogen-bond acceptors (Lipinski definition) is 5. The Morgan fingerprint density at radius 2 is 1.74 bits per heavy atom. The third kappa shape index (κ3) is 5.15. The van der Waals surface area contributed by atoms with E-state index < -0.39 is 12.6 Å². The molecule has 1 heterocycles. The molecule has 0 bridgehead atoms. The van der Waals surface area contributed by atoms with Gasteiger partial charge in [-0.15, -0.1) is 11.8 Å². The van der Waals surface area contributed by atoms with Crippen LogP contribution in [0.15, 0.2) is 29.3 Å². The molecule has 0 unspecified atom stereocenters. The van der Waals surface area contributed by atoms with Crippen LogP contribution in [0.2, 0.25) is 0 Å². The molecule has 4 nitrogen and oxygen atoms in total. The van der Waals surface area contributed by atoms with Crippen LogP contribution in [0.25, 0.3) is 11.1 Å². The molecule has 0 aliphatic rings. The molecule has 0 radical (unpaired) electrons. The van der Waals surface area contributed by atoms with Crippen LogP contribution in [-0.2, 0) is 0 Å². The lowest BCUT2D eigenvalue weighted by molar-refractivity contribution is -0.129. The van der Waals surface area contributed by atoms with Crippen LogP contribution in [0, 0.1) is 29.6 Å². The van der Waals surface area contributed by atoms with Crippen LogP contribution < -0.4 is 4.74 Å². The van der Waals surface area contributed by atoms with Crippen molar-refractivity contribution >= 4 is 11.8 Å². The summed E-state index contributed by atoms with van der Waals surface area (Å²) in [4.78, 5) is 4.19. The second-order valence-electron chi connectivity index (χ2n) is 5.52. The zero-order chi connectivity index (χ0) is 20.0. The number of ether oxygens (including phenoxy) is 1. The fourth-order valence-corrected chi connectivity index (χ4v) is 3.48. The number of halogens is 3. The van der Waals surface area contributed by atoms with Crippen LogP contribution >= 0.6 is 11.8 Å². The van der Waals surface area contributed by atoms with Crippen LogP contribution in [0.5, 0.6) is 5.75 Å². The highest BCUT2D eigenvalue weighted by atomic mass is 32.2. The van der Waals surface area contributed by atoms with Gasteiger partial charge in [-0.3, -0.25) is 0 Å². The van der Waals surface area contributed by atoms with Crippen molar-refractivity contribution in [2.45, 2.75) is 31.5 Å². The van der Waals surface area contributed by atoms with Crippen molar-refractivity contribution in [3.8, 4) is 29.0 Å². The summed E-state index contributed by atoms with van der Waals surface area (Å²) in [6, 6.07) is 10.9. The normalized spacial score (nSPS) is 10.9. The van der Waals surface area contributed by atoms with E-state index in [2.05, 4.69) is 11.1 Å². The Kier molecular flexibility index (Phi) is 6.70. The van der Waals surface area contributed by atoms with Crippen molar-refractivity contribution in [3.63, 3.8) is 0 Å². The summed E-state index contributed by atoms with van der Waals surface area (Å²) in [6.07, 6.45) is -5.26. The lowest BCUT2D eigenvalue weighted by Gasteiger charge is -2.14. The van der Waals surface area contributed by atoms with Gasteiger partial charge in [0.05, 0.1) is 29.8 Å². The Morgan fingerprint density at radius 3 is 2.26 bits per heavy atom. The summed E-state index contributed by atoms with van der Waals surface area (Å²) in [5.74, 6) is 0.392. The Labute approximate surface area is 159 Å². The number of aromatic nitrogens is 1. The number of hydrogen-bond donors (Lipinski definition) is 0. The molecule has 8 heteroatoms. The van der Waals surface area contributed by atoms with E-state index in [-0.39, 0.29) is 21.9 Å². The number of aryl methyl sites for hydroxylation is 1. The summed E-state index contributed by atoms with van der Waals surface area (Å²) >= 11 is 0.864. The van der Waals surface area contributed by atoms with Crippen molar-refractivity contribution in [2.24, 2.45) is 0 Å². The fraction of sp³-hybridized carbons (Fsp3) is 0.316. The first kappa shape index (κ1) is 20.6. The average molecular weight is 391 g/mol. The van der Waals surface area contributed by atoms with Gasteiger partial charge in [0.15, 0.2) is 0 Å². The third-order valence-corrected chi connectivity index (χ3v) is 4.62. The number of nitriles is 2. The predicted molar refractivity (Wildman–Crippen MR) is 96.4 cm³/mol. The number of rotatable bonds is 6. The standard InChI is InChI=1S/C19H16F3N3OS/c1-3-26-14-6-4-13(5-7-14)17-15(10-23)12(2)25-18(16(17)11-24)27-9-8-19(20,21)22/h4-7H,3,8-9H2,1-2H3. The third-order valence-electron chi connectivity index (χ3n) is 3.65. The Hall–Kier alpha value is -2.71. The summed E-state index contributed by atoms with van der Waals surface area (Å²) < 4.78 is 42.7. The Balaban J connectivity index is 2.51. The summed E-state index contributed by atoms with van der Waals surface area (Å²) in [5, 5.41) is 19.3. The number of pyridine rings is 1. The van der Waals surface area contributed by atoms with E-state index in [4.69, 9.17) is 4.74 Å². The minimum atomic E-state index is -4.28. The summed E-state index contributed by atoms with van der Waals surface area (Å²) in [7, 11) is 0. The van der Waals surface area contributed by atoms with Crippen molar-refractivity contribution in [3.05, 3.63) is 41.1 Å². The van der Waals surface area contributed by atoms with Crippen LogP contribution in [0.1, 0.15) is 30.2 Å². The zero-order valence-electron chi connectivity index (χ0n) is 14.7. The van der Waals surface area contributed by atoms with Gasteiger partial charge in [0.1, 0.15) is 22.9 Å². The van der Waals surface area contributed by atoms with E-state index in [9.17, 15) is 23.7 Å². The highest BCUT2D eigenvalue weighted by Crippen LogP contribution is 2.36. The quantitative estimate of drug-likeness (QED) is 0.630. The molecule has 0 aliphatic carbocycles. The number of benzene rings is 1. The molecule has 0 N–H and O–H groups in total. The van der Waals surface area contributed by atoms with Crippen LogP contribution in [0.3, 0.4) is 0 Å². The summed E-state index contributed by atoms with van der Waals surface area (Å²) in [6.45, 7) is 3.96. The average Bonchev–Trinajstić information content (AvgIpc) is 2.61.